The number of rotatable bonds is 11. The molecule has 0 aliphatic rings. The third kappa shape index (κ3) is 10.7. The van der Waals surface area contributed by atoms with Gasteiger partial charge >= 0.3 is 169 Å². The van der Waals surface area contributed by atoms with E-state index in [1.54, 1.807) is 0 Å². The molecule has 132 valence electrons. The summed E-state index contributed by atoms with van der Waals surface area (Å²) < 4.78 is 15.5. The molecule has 0 N–H and O–H groups in total. The molecule has 6 heteroatoms. The third-order valence-electron chi connectivity index (χ3n) is 3.92. The van der Waals surface area contributed by atoms with E-state index in [2.05, 4.69) is 98.5 Å². The molecule has 0 spiro atoms. The van der Waals surface area contributed by atoms with Crippen LogP contribution in [-0.4, -0.2) is 73.4 Å². The minimum absolute atomic E-state index is 0.205. The van der Waals surface area contributed by atoms with E-state index in [0.29, 0.717) is 0 Å². The van der Waals surface area contributed by atoms with Crippen LogP contribution in [0.3, 0.4) is 0 Å². The summed E-state index contributed by atoms with van der Waals surface area (Å²) in [5, 5.41) is 0. The molecule has 0 aromatic heterocycles. The normalized spacial score (nSPS) is 18.8. The van der Waals surface area contributed by atoms with Gasteiger partial charge in [0.2, 0.25) is 0 Å². The van der Waals surface area contributed by atoms with E-state index in [4.69, 9.17) is 8.85 Å². The van der Waals surface area contributed by atoms with Gasteiger partial charge in [-0.3, -0.25) is 0 Å². The van der Waals surface area contributed by atoms with Crippen LogP contribution in [0.4, 0.5) is 0 Å². The summed E-state index contributed by atoms with van der Waals surface area (Å²) in [6, 6.07) is 2.49. The second-order valence-corrected chi connectivity index (χ2v) is 18.3. The van der Waals surface area contributed by atoms with Crippen molar-refractivity contribution in [3.8, 4) is 0 Å². The van der Waals surface area contributed by atoms with Gasteiger partial charge in [0.25, 0.3) is 0 Å². The number of hydrogen-bond donors (Lipinski definition) is 0. The molecule has 0 aliphatic carbocycles. The Balaban J connectivity index is 4.50. The molecule has 4 unspecified atom stereocenters. The van der Waals surface area contributed by atoms with Gasteiger partial charge in [-0.05, 0) is 0 Å². The summed E-state index contributed by atoms with van der Waals surface area (Å²) >= 11 is 4.40. The first-order valence-corrected chi connectivity index (χ1v) is 18.0. The summed E-state index contributed by atoms with van der Waals surface area (Å²) in [5.74, 6) is 1.54. The van der Waals surface area contributed by atoms with E-state index < -0.39 is 16.6 Å². The Bertz CT molecular complexity index is 285. The van der Waals surface area contributed by atoms with Crippen molar-refractivity contribution in [3.63, 3.8) is 0 Å². The van der Waals surface area contributed by atoms with Crippen molar-refractivity contribution in [2.24, 2.45) is 11.8 Å². The standard InChI is InChI=1S/C16H36O2Si2Te2/c1-13(11-21)9-19(5,6)17-15(3)16(4)18-20(7,8)10-14(2)12-22/h13-16H,9-12H2,1-8H3. The van der Waals surface area contributed by atoms with Crippen LogP contribution in [0, 0.1) is 11.8 Å². The zero-order valence-electron chi connectivity index (χ0n) is 15.8. The van der Waals surface area contributed by atoms with Gasteiger partial charge in [-0.25, -0.2) is 0 Å². The quantitative estimate of drug-likeness (QED) is 0.336. The predicted molar refractivity (Wildman–Crippen MR) is 105 cm³/mol. The van der Waals surface area contributed by atoms with Crippen LogP contribution in [-0.2, 0) is 8.85 Å². The maximum atomic E-state index is 6.49. The molecule has 0 aromatic rings. The van der Waals surface area contributed by atoms with Crippen LogP contribution in [0.1, 0.15) is 27.7 Å². The van der Waals surface area contributed by atoms with E-state index in [0.717, 1.165) is 11.8 Å². The van der Waals surface area contributed by atoms with Crippen LogP contribution in [0.25, 0.3) is 0 Å². The second-order valence-electron chi connectivity index (χ2n) is 8.12. The molecular formula is C16H36O2Si2Te2. The molecule has 0 aromatic carbocycles. The fourth-order valence-corrected chi connectivity index (χ4v) is 11.3. The molecule has 0 rings (SSSR count). The van der Waals surface area contributed by atoms with Crippen molar-refractivity contribution < 1.29 is 8.85 Å². The molecule has 2 nitrogen and oxygen atoms in total. The minimum atomic E-state index is -1.59. The topological polar surface area (TPSA) is 18.5 Å². The van der Waals surface area contributed by atoms with Gasteiger partial charge in [-0.2, -0.15) is 0 Å². The van der Waals surface area contributed by atoms with Gasteiger partial charge in [0.1, 0.15) is 0 Å². The van der Waals surface area contributed by atoms with Crippen LogP contribution >= 0.6 is 0 Å². The molecule has 2 radical (unpaired) electrons. The molecule has 0 saturated heterocycles. The molecule has 0 heterocycles. The van der Waals surface area contributed by atoms with Crippen LogP contribution in [0.15, 0.2) is 0 Å². The Morgan fingerprint density at radius 2 is 0.955 bits per heavy atom. The first kappa shape index (κ1) is 23.9. The Labute approximate surface area is 167 Å². The second kappa shape index (κ2) is 10.8. The van der Waals surface area contributed by atoms with Crippen molar-refractivity contribution in [3.05, 3.63) is 0 Å². The Hall–Kier alpha value is 1.93. The zero-order valence-corrected chi connectivity index (χ0v) is 22.4. The molecule has 0 saturated carbocycles. The van der Waals surface area contributed by atoms with Crippen molar-refractivity contribution >= 4 is 61.2 Å². The zero-order chi connectivity index (χ0) is 17.6. The van der Waals surface area contributed by atoms with E-state index >= 15 is 0 Å². The van der Waals surface area contributed by atoms with Crippen molar-refractivity contribution in [2.45, 2.75) is 87.1 Å². The molecule has 0 amide bonds. The van der Waals surface area contributed by atoms with Gasteiger partial charge in [-0.15, -0.1) is 0 Å². The van der Waals surface area contributed by atoms with Gasteiger partial charge in [0.05, 0.1) is 0 Å². The van der Waals surface area contributed by atoms with Gasteiger partial charge in [-0.1, -0.05) is 0 Å². The SMILES string of the molecule is CC(C[Te])C[Si](C)(C)OC(C)C(C)O[Si](C)(C)CC(C)C[Te]. The first-order valence-electron chi connectivity index (χ1n) is 8.44. The van der Waals surface area contributed by atoms with Gasteiger partial charge in [0, 0.05) is 0 Å². The fraction of sp³-hybridized carbons (Fsp3) is 1.00. The summed E-state index contributed by atoms with van der Waals surface area (Å²) in [7, 11) is -3.18. The average molecular weight is 572 g/mol. The molecular weight excluding hydrogens is 536 g/mol. The van der Waals surface area contributed by atoms with Crippen molar-refractivity contribution in [1.29, 1.82) is 0 Å². The first-order chi connectivity index (χ1) is 9.92. The average Bonchev–Trinajstić information content (AvgIpc) is 2.35. The number of hydrogen-bond acceptors (Lipinski definition) is 2. The van der Waals surface area contributed by atoms with Crippen molar-refractivity contribution in [2.75, 3.05) is 0 Å². The Kier molecular flexibility index (Phi) is 11.8. The Morgan fingerprint density at radius 3 is 1.18 bits per heavy atom. The van der Waals surface area contributed by atoms with Crippen LogP contribution in [0.5, 0.6) is 0 Å². The predicted octanol–water partition coefficient (Wildman–Crippen LogP) is 4.65. The van der Waals surface area contributed by atoms with E-state index in [9.17, 15) is 0 Å². The fourth-order valence-electron chi connectivity index (χ4n) is 3.09. The molecule has 22 heavy (non-hydrogen) atoms. The van der Waals surface area contributed by atoms with E-state index in [1.165, 1.54) is 21.0 Å². The summed E-state index contributed by atoms with van der Waals surface area (Å²) in [6.07, 6.45) is 0.409. The molecule has 4 atom stereocenters. The molecule has 0 bridgehead atoms. The Morgan fingerprint density at radius 1 is 0.682 bits per heavy atom. The van der Waals surface area contributed by atoms with E-state index in [-0.39, 0.29) is 12.2 Å². The summed E-state index contributed by atoms with van der Waals surface area (Å²) in [6.45, 7) is 18.5. The monoisotopic (exact) mass is 576 g/mol. The summed E-state index contributed by atoms with van der Waals surface area (Å²) in [4.78, 5) is 0. The summed E-state index contributed by atoms with van der Waals surface area (Å²) in [5.41, 5.74) is 0. The van der Waals surface area contributed by atoms with E-state index in [1.807, 2.05) is 0 Å². The third-order valence-corrected chi connectivity index (χ3v) is 12.5. The van der Waals surface area contributed by atoms with Gasteiger partial charge in [0.15, 0.2) is 0 Å². The van der Waals surface area contributed by atoms with Crippen molar-refractivity contribution in [1.82, 2.24) is 0 Å². The van der Waals surface area contributed by atoms with Crippen LogP contribution < -0.4 is 0 Å². The maximum absolute atomic E-state index is 6.49. The van der Waals surface area contributed by atoms with Crippen LogP contribution in [0.2, 0.25) is 47.2 Å². The molecule has 0 fully saturated rings. The van der Waals surface area contributed by atoms with Gasteiger partial charge < -0.3 is 0 Å². The molecule has 0 aliphatic heterocycles.